The Balaban J connectivity index is 1.59. The number of benzene rings is 3. The Morgan fingerprint density at radius 2 is 1.82 bits per heavy atom. The number of halogens is 1. The largest absolute Gasteiger partial charge is 0.493 e. The van der Waals surface area contributed by atoms with Crippen molar-refractivity contribution in [3.63, 3.8) is 0 Å². The molecule has 3 aromatic rings. The first-order valence-corrected chi connectivity index (χ1v) is 11.2. The molecule has 176 valence electrons. The molecule has 0 aliphatic heterocycles. The number of rotatable bonds is 12. The first kappa shape index (κ1) is 24.8. The van der Waals surface area contributed by atoms with E-state index in [2.05, 4.69) is 33.0 Å². The Morgan fingerprint density at radius 1 is 1.09 bits per heavy atom. The van der Waals surface area contributed by atoms with Crippen molar-refractivity contribution in [3.05, 3.63) is 99.0 Å². The number of nitro benzene ring substituents is 1. The number of para-hydroxylation sites is 1. The maximum Gasteiger partial charge on any atom is 0.269 e. The topological polar surface area (TPSA) is 95.2 Å². The molecule has 0 spiro atoms. The molecule has 0 heterocycles. The Morgan fingerprint density at radius 3 is 2.53 bits per heavy atom. The van der Waals surface area contributed by atoms with Crippen LogP contribution in [-0.2, 0) is 6.42 Å². The minimum atomic E-state index is -0.450. The van der Waals surface area contributed by atoms with E-state index in [4.69, 9.17) is 14.2 Å². The highest BCUT2D eigenvalue weighted by molar-refractivity contribution is 9.10. The molecular weight excluding hydrogens is 502 g/mol. The van der Waals surface area contributed by atoms with Gasteiger partial charge in [0.2, 0.25) is 0 Å². The van der Waals surface area contributed by atoms with Crippen LogP contribution < -0.4 is 19.6 Å². The molecule has 0 amide bonds. The molecule has 0 bridgehead atoms. The van der Waals surface area contributed by atoms with Crippen LogP contribution in [0.3, 0.4) is 0 Å². The highest BCUT2D eigenvalue weighted by Gasteiger charge is 2.12. The van der Waals surface area contributed by atoms with E-state index in [0.717, 1.165) is 23.3 Å². The summed E-state index contributed by atoms with van der Waals surface area (Å²) in [6, 6.07) is 17.5. The third kappa shape index (κ3) is 6.82. The minimum absolute atomic E-state index is 0.0187. The van der Waals surface area contributed by atoms with Gasteiger partial charge in [0.05, 0.1) is 28.4 Å². The molecule has 0 radical (unpaired) electrons. The van der Waals surface area contributed by atoms with Gasteiger partial charge in [-0.1, -0.05) is 24.3 Å². The van der Waals surface area contributed by atoms with Gasteiger partial charge in [-0.15, -0.1) is 6.58 Å². The summed E-state index contributed by atoms with van der Waals surface area (Å²) in [6.45, 7) is 4.47. The monoisotopic (exact) mass is 525 g/mol. The number of allylic oxidation sites excluding steroid dienone is 1. The molecule has 1 N–H and O–H groups in total. The van der Waals surface area contributed by atoms with Crippen LogP contribution in [0, 0.1) is 10.1 Å². The third-order valence-corrected chi connectivity index (χ3v) is 5.25. The lowest BCUT2D eigenvalue weighted by Crippen LogP contribution is -2.11. The fraction of sp³-hybridized carbons (Fsp3) is 0.160. The Hall–Kier alpha value is -3.85. The molecule has 34 heavy (non-hydrogen) atoms. The van der Waals surface area contributed by atoms with Gasteiger partial charge in [-0.05, 0) is 63.8 Å². The highest BCUT2D eigenvalue weighted by atomic mass is 79.9. The van der Waals surface area contributed by atoms with Gasteiger partial charge >= 0.3 is 0 Å². The zero-order valence-electron chi connectivity index (χ0n) is 18.6. The van der Waals surface area contributed by atoms with Crippen molar-refractivity contribution in [3.8, 4) is 17.2 Å². The maximum absolute atomic E-state index is 10.7. The molecule has 3 rings (SSSR count). The smallest absolute Gasteiger partial charge is 0.269 e. The van der Waals surface area contributed by atoms with E-state index in [9.17, 15) is 10.1 Å². The Kier molecular flexibility index (Phi) is 9.04. The number of nitrogens with one attached hydrogen (secondary N) is 1. The van der Waals surface area contributed by atoms with E-state index in [1.807, 2.05) is 36.4 Å². The SMILES string of the molecule is C=CCc1ccccc1OCCOc1c(Br)cc(/C=N\Nc2ccc([N+](=O)[O-])cc2)cc1OC. The zero-order valence-corrected chi connectivity index (χ0v) is 20.2. The van der Waals surface area contributed by atoms with Crippen LogP contribution in [-0.4, -0.2) is 31.5 Å². The number of ether oxygens (including phenoxy) is 3. The van der Waals surface area contributed by atoms with Gasteiger partial charge in [-0.25, -0.2) is 0 Å². The number of nitrogens with zero attached hydrogens (tertiary/aromatic N) is 2. The molecule has 9 heteroatoms. The van der Waals surface area contributed by atoms with Gasteiger partial charge in [0.1, 0.15) is 19.0 Å². The maximum atomic E-state index is 10.7. The minimum Gasteiger partial charge on any atom is -0.493 e. The molecule has 0 atom stereocenters. The van der Waals surface area contributed by atoms with E-state index in [0.29, 0.717) is 34.9 Å². The normalized spacial score (nSPS) is 10.6. The summed E-state index contributed by atoms with van der Waals surface area (Å²) in [6.07, 6.45) is 4.18. The molecule has 3 aromatic carbocycles. The van der Waals surface area contributed by atoms with Gasteiger partial charge in [-0.3, -0.25) is 15.5 Å². The molecule has 0 unspecified atom stereocenters. The van der Waals surface area contributed by atoms with Crippen molar-refractivity contribution in [2.75, 3.05) is 25.7 Å². The van der Waals surface area contributed by atoms with Gasteiger partial charge in [0, 0.05) is 12.1 Å². The van der Waals surface area contributed by atoms with Crippen LogP contribution in [0.25, 0.3) is 0 Å². The average Bonchev–Trinajstić information content (AvgIpc) is 2.84. The third-order valence-electron chi connectivity index (χ3n) is 4.66. The summed E-state index contributed by atoms with van der Waals surface area (Å²) in [5, 5.41) is 14.9. The second kappa shape index (κ2) is 12.4. The standard InChI is InChI=1S/C25H24BrN3O5/c1-3-6-19-7-4-5-8-23(19)33-13-14-34-25-22(26)15-18(16-24(25)32-2)17-27-28-20-9-11-21(12-10-20)29(30)31/h3-5,7-12,15-17,28H,1,6,13-14H2,2H3/b27-17-. The second-order valence-electron chi connectivity index (χ2n) is 7.01. The van der Waals surface area contributed by atoms with Crippen LogP contribution in [0.5, 0.6) is 17.2 Å². The number of hydrogen-bond donors (Lipinski definition) is 1. The van der Waals surface area contributed by atoms with Gasteiger partial charge in [0.25, 0.3) is 5.69 Å². The summed E-state index contributed by atoms with van der Waals surface area (Å²) in [5.74, 6) is 1.91. The Labute approximate surface area is 206 Å². The summed E-state index contributed by atoms with van der Waals surface area (Å²) in [5.41, 5.74) is 5.32. The van der Waals surface area contributed by atoms with Crippen molar-refractivity contribution < 1.29 is 19.1 Å². The number of methoxy groups -OCH3 is 1. The molecule has 0 saturated carbocycles. The lowest BCUT2D eigenvalue weighted by molar-refractivity contribution is -0.384. The lowest BCUT2D eigenvalue weighted by atomic mass is 10.1. The van der Waals surface area contributed by atoms with Crippen LogP contribution in [0.2, 0.25) is 0 Å². The van der Waals surface area contributed by atoms with Gasteiger partial charge in [-0.2, -0.15) is 5.10 Å². The molecule has 0 saturated heterocycles. The highest BCUT2D eigenvalue weighted by Crippen LogP contribution is 2.36. The first-order chi connectivity index (χ1) is 16.5. The van der Waals surface area contributed by atoms with Crippen molar-refractivity contribution in [1.82, 2.24) is 0 Å². The number of anilines is 1. The summed E-state index contributed by atoms with van der Waals surface area (Å²) in [4.78, 5) is 10.3. The van der Waals surface area contributed by atoms with Gasteiger partial charge < -0.3 is 14.2 Å². The van der Waals surface area contributed by atoms with Crippen LogP contribution in [0.15, 0.2) is 82.9 Å². The van der Waals surface area contributed by atoms with E-state index in [-0.39, 0.29) is 5.69 Å². The van der Waals surface area contributed by atoms with Crippen molar-refractivity contribution in [1.29, 1.82) is 0 Å². The summed E-state index contributed by atoms with van der Waals surface area (Å²) < 4.78 is 18.0. The molecule has 0 aliphatic rings. The molecule has 8 nitrogen and oxygen atoms in total. The zero-order chi connectivity index (χ0) is 24.3. The van der Waals surface area contributed by atoms with Crippen molar-refractivity contribution in [2.45, 2.75) is 6.42 Å². The lowest BCUT2D eigenvalue weighted by Gasteiger charge is -2.15. The van der Waals surface area contributed by atoms with Crippen LogP contribution in [0.1, 0.15) is 11.1 Å². The number of non-ortho nitro benzene ring substituents is 1. The van der Waals surface area contributed by atoms with Gasteiger partial charge in [0.15, 0.2) is 11.5 Å². The quantitative estimate of drug-likeness (QED) is 0.102. The number of hydrogen-bond acceptors (Lipinski definition) is 7. The predicted molar refractivity (Wildman–Crippen MR) is 136 cm³/mol. The molecule has 0 aliphatic carbocycles. The van der Waals surface area contributed by atoms with E-state index < -0.39 is 4.92 Å². The van der Waals surface area contributed by atoms with Crippen LogP contribution in [0.4, 0.5) is 11.4 Å². The second-order valence-corrected chi connectivity index (χ2v) is 7.86. The van der Waals surface area contributed by atoms with Crippen molar-refractivity contribution in [2.24, 2.45) is 5.10 Å². The van der Waals surface area contributed by atoms with Crippen LogP contribution >= 0.6 is 15.9 Å². The fourth-order valence-electron chi connectivity index (χ4n) is 3.06. The Bertz CT molecular complexity index is 1170. The predicted octanol–water partition coefficient (Wildman–Crippen LogP) is 6.00. The summed E-state index contributed by atoms with van der Waals surface area (Å²) >= 11 is 3.52. The number of hydrazone groups is 1. The fourth-order valence-corrected chi connectivity index (χ4v) is 3.63. The van der Waals surface area contributed by atoms with E-state index in [1.54, 1.807) is 31.5 Å². The molecular formula is C25H24BrN3O5. The molecule has 0 fully saturated rings. The summed E-state index contributed by atoms with van der Waals surface area (Å²) in [7, 11) is 1.56. The van der Waals surface area contributed by atoms with E-state index >= 15 is 0 Å². The van der Waals surface area contributed by atoms with Crippen molar-refractivity contribution >= 4 is 33.5 Å². The number of nitro groups is 1. The first-order valence-electron chi connectivity index (χ1n) is 10.4. The molecule has 0 aromatic heterocycles. The average molecular weight is 526 g/mol. The van der Waals surface area contributed by atoms with E-state index in [1.165, 1.54) is 12.1 Å².